The summed E-state index contributed by atoms with van der Waals surface area (Å²) in [7, 11) is 1.60. The number of methoxy groups -OCH3 is 1. The first-order chi connectivity index (χ1) is 10.5. The second-order valence-corrected chi connectivity index (χ2v) is 4.93. The summed E-state index contributed by atoms with van der Waals surface area (Å²) in [6.45, 7) is 1.92. The summed E-state index contributed by atoms with van der Waals surface area (Å²) < 4.78 is 18.5. The smallest absolute Gasteiger partial charge is 0.165 e. The fraction of sp³-hybridized carbons (Fsp3) is 0.235. The van der Waals surface area contributed by atoms with Gasteiger partial charge in [-0.2, -0.15) is 5.26 Å². The van der Waals surface area contributed by atoms with Crippen molar-refractivity contribution >= 4 is 0 Å². The van der Waals surface area contributed by atoms with Crippen LogP contribution in [0, 0.1) is 17.1 Å². The number of nitrogens with one attached hydrogen (secondary N) is 1. The van der Waals surface area contributed by atoms with Crippen molar-refractivity contribution in [3.63, 3.8) is 0 Å². The predicted molar refractivity (Wildman–Crippen MR) is 81.0 cm³/mol. The van der Waals surface area contributed by atoms with Gasteiger partial charge >= 0.3 is 0 Å². The highest BCUT2D eigenvalue weighted by atomic mass is 19.1. The maximum Gasteiger partial charge on any atom is 0.165 e. The van der Waals surface area contributed by atoms with Crippen LogP contribution in [0.2, 0.25) is 0 Å². The number of ether oxygens (including phenoxy) is 1. The fourth-order valence-electron chi connectivity index (χ4n) is 2.15. The minimum Gasteiger partial charge on any atom is -0.505 e. The Labute approximate surface area is 128 Å². The number of halogens is 1. The molecule has 4 nitrogen and oxygen atoms in total. The molecule has 0 spiro atoms. The lowest BCUT2D eigenvalue weighted by atomic mass is 10.0. The summed E-state index contributed by atoms with van der Waals surface area (Å²) in [4.78, 5) is 0. The quantitative estimate of drug-likeness (QED) is 0.887. The monoisotopic (exact) mass is 300 g/mol. The van der Waals surface area contributed by atoms with Gasteiger partial charge in [0.2, 0.25) is 0 Å². The van der Waals surface area contributed by atoms with Crippen molar-refractivity contribution in [2.75, 3.05) is 7.11 Å². The molecule has 0 saturated heterocycles. The van der Waals surface area contributed by atoms with Crippen LogP contribution in [0.25, 0.3) is 0 Å². The van der Waals surface area contributed by atoms with Gasteiger partial charge in [0.1, 0.15) is 11.8 Å². The van der Waals surface area contributed by atoms with Crippen LogP contribution >= 0.6 is 0 Å². The Balaban J connectivity index is 2.14. The van der Waals surface area contributed by atoms with E-state index < -0.39 is 17.6 Å². The summed E-state index contributed by atoms with van der Waals surface area (Å²) in [5.41, 5.74) is 1.46. The molecule has 0 aliphatic carbocycles. The number of phenolic OH excluding ortho intramolecular Hbond substituents is 1. The average molecular weight is 300 g/mol. The van der Waals surface area contributed by atoms with Gasteiger partial charge in [-0.25, -0.2) is 4.39 Å². The SMILES string of the molecule is COc1ccc([C@H](C)N[C@@H](C#N)c2ccc(O)c(F)c2)cc1. The Hall–Kier alpha value is -2.58. The van der Waals surface area contributed by atoms with E-state index in [1.54, 1.807) is 7.11 Å². The molecular weight excluding hydrogens is 283 g/mol. The highest BCUT2D eigenvalue weighted by molar-refractivity contribution is 5.33. The van der Waals surface area contributed by atoms with Gasteiger partial charge in [-0.15, -0.1) is 0 Å². The summed E-state index contributed by atoms with van der Waals surface area (Å²) in [5, 5.41) is 21.7. The van der Waals surface area contributed by atoms with E-state index in [0.29, 0.717) is 5.56 Å². The largest absolute Gasteiger partial charge is 0.505 e. The Morgan fingerprint density at radius 2 is 1.82 bits per heavy atom. The standard InChI is InChI=1S/C17H17FN2O2/c1-11(12-3-6-14(22-2)7-4-12)20-16(10-19)13-5-8-17(21)15(18)9-13/h3-9,11,16,20-21H,1-2H3/t11-,16-/m0/s1. The average Bonchev–Trinajstić information content (AvgIpc) is 2.55. The van der Waals surface area contributed by atoms with Gasteiger partial charge in [0.15, 0.2) is 11.6 Å². The Kier molecular flexibility index (Phi) is 4.97. The van der Waals surface area contributed by atoms with E-state index in [1.165, 1.54) is 12.1 Å². The van der Waals surface area contributed by atoms with Crippen LogP contribution in [0.3, 0.4) is 0 Å². The molecular formula is C17H17FN2O2. The van der Waals surface area contributed by atoms with Gasteiger partial charge in [-0.3, -0.25) is 5.32 Å². The lowest BCUT2D eigenvalue weighted by Crippen LogP contribution is -2.23. The second-order valence-electron chi connectivity index (χ2n) is 4.93. The molecule has 2 aromatic carbocycles. The van der Waals surface area contributed by atoms with Crippen molar-refractivity contribution in [2.45, 2.75) is 19.0 Å². The molecule has 2 atom stereocenters. The second kappa shape index (κ2) is 6.92. The van der Waals surface area contributed by atoms with E-state index in [9.17, 15) is 14.8 Å². The Bertz CT molecular complexity index is 680. The zero-order valence-corrected chi connectivity index (χ0v) is 12.4. The van der Waals surface area contributed by atoms with Crippen LogP contribution < -0.4 is 10.1 Å². The first-order valence-corrected chi connectivity index (χ1v) is 6.83. The number of aromatic hydroxyl groups is 1. The van der Waals surface area contributed by atoms with Gasteiger partial charge in [0.25, 0.3) is 0 Å². The van der Waals surface area contributed by atoms with Crippen LogP contribution in [-0.2, 0) is 0 Å². The van der Waals surface area contributed by atoms with E-state index >= 15 is 0 Å². The van der Waals surface area contributed by atoms with Crippen LogP contribution in [0.1, 0.15) is 30.1 Å². The predicted octanol–water partition coefficient (Wildman–Crippen LogP) is 3.46. The number of benzene rings is 2. The summed E-state index contributed by atoms with van der Waals surface area (Å²) in [6.07, 6.45) is 0. The molecule has 2 rings (SSSR count). The normalized spacial score (nSPS) is 13.2. The maximum atomic E-state index is 13.4. The molecule has 0 aliphatic rings. The topological polar surface area (TPSA) is 65.3 Å². The lowest BCUT2D eigenvalue weighted by Gasteiger charge is -2.19. The third-order valence-electron chi connectivity index (χ3n) is 3.47. The molecule has 0 unspecified atom stereocenters. The molecule has 0 radical (unpaired) electrons. The first kappa shape index (κ1) is 15.8. The van der Waals surface area contributed by atoms with Crippen LogP contribution in [0.15, 0.2) is 42.5 Å². The Morgan fingerprint density at radius 3 is 2.36 bits per heavy atom. The van der Waals surface area contributed by atoms with E-state index in [-0.39, 0.29) is 6.04 Å². The van der Waals surface area contributed by atoms with Gasteiger partial charge < -0.3 is 9.84 Å². The van der Waals surface area contributed by atoms with Crippen LogP contribution in [0.4, 0.5) is 4.39 Å². The minimum absolute atomic E-state index is 0.104. The number of hydrogen-bond donors (Lipinski definition) is 2. The third-order valence-corrected chi connectivity index (χ3v) is 3.47. The van der Waals surface area contributed by atoms with Crippen molar-refractivity contribution in [2.24, 2.45) is 0 Å². The van der Waals surface area contributed by atoms with Gasteiger partial charge in [0.05, 0.1) is 13.2 Å². The molecule has 22 heavy (non-hydrogen) atoms. The zero-order chi connectivity index (χ0) is 16.1. The molecule has 114 valence electrons. The zero-order valence-electron chi connectivity index (χ0n) is 12.4. The number of nitrogens with zero attached hydrogens (tertiary/aromatic N) is 1. The van der Waals surface area contributed by atoms with E-state index in [1.807, 2.05) is 31.2 Å². The molecule has 0 aromatic heterocycles. The molecule has 5 heteroatoms. The van der Waals surface area contributed by atoms with Crippen molar-refractivity contribution in [3.8, 4) is 17.6 Å². The molecule has 0 heterocycles. The Morgan fingerprint density at radius 1 is 1.18 bits per heavy atom. The van der Waals surface area contributed by atoms with Crippen LogP contribution in [-0.4, -0.2) is 12.2 Å². The number of hydrogen-bond acceptors (Lipinski definition) is 4. The van der Waals surface area contributed by atoms with E-state index in [0.717, 1.165) is 17.4 Å². The number of nitriles is 1. The highest BCUT2D eigenvalue weighted by Crippen LogP contribution is 2.24. The van der Waals surface area contributed by atoms with Gasteiger partial charge in [-0.1, -0.05) is 18.2 Å². The molecule has 0 saturated carbocycles. The third kappa shape index (κ3) is 3.54. The van der Waals surface area contributed by atoms with Crippen molar-refractivity contribution in [1.82, 2.24) is 5.32 Å². The molecule has 0 amide bonds. The maximum absolute atomic E-state index is 13.4. The highest BCUT2D eigenvalue weighted by Gasteiger charge is 2.16. The van der Waals surface area contributed by atoms with Crippen molar-refractivity contribution in [3.05, 3.63) is 59.4 Å². The molecule has 2 aromatic rings. The number of phenols is 1. The lowest BCUT2D eigenvalue weighted by molar-refractivity contribution is 0.414. The summed E-state index contributed by atoms with van der Waals surface area (Å²) >= 11 is 0. The first-order valence-electron chi connectivity index (χ1n) is 6.83. The van der Waals surface area contributed by atoms with Crippen molar-refractivity contribution < 1.29 is 14.2 Å². The van der Waals surface area contributed by atoms with E-state index in [4.69, 9.17) is 4.74 Å². The molecule has 0 aliphatic heterocycles. The van der Waals surface area contributed by atoms with Crippen LogP contribution in [0.5, 0.6) is 11.5 Å². The fourth-order valence-corrected chi connectivity index (χ4v) is 2.15. The molecule has 2 N–H and O–H groups in total. The summed E-state index contributed by atoms with van der Waals surface area (Å²) in [6, 6.07) is 12.8. The van der Waals surface area contributed by atoms with Gasteiger partial charge in [-0.05, 0) is 42.3 Å². The number of rotatable bonds is 5. The van der Waals surface area contributed by atoms with Crippen molar-refractivity contribution in [1.29, 1.82) is 5.26 Å². The molecule has 0 bridgehead atoms. The minimum atomic E-state index is -0.739. The summed E-state index contributed by atoms with van der Waals surface area (Å²) in [5.74, 6) is -0.409. The van der Waals surface area contributed by atoms with Gasteiger partial charge in [0, 0.05) is 6.04 Å². The molecule has 0 fully saturated rings. The van der Waals surface area contributed by atoms with E-state index in [2.05, 4.69) is 11.4 Å².